The number of nitrogens with zero attached hydrogens (tertiary/aromatic N) is 2. The minimum atomic E-state index is 0.259. The molecule has 0 saturated carbocycles. The fourth-order valence-corrected chi connectivity index (χ4v) is 1.52. The van der Waals surface area contributed by atoms with E-state index < -0.39 is 0 Å². The lowest BCUT2D eigenvalue weighted by atomic mass is 10.3. The molecular weight excluding hydrogens is 234 g/mol. The molecule has 0 amide bonds. The molecule has 1 aliphatic rings. The molecule has 2 N–H and O–H groups in total. The summed E-state index contributed by atoms with van der Waals surface area (Å²) in [6.07, 6.45) is 4.54. The number of ether oxygens (including phenoxy) is 1. The van der Waals surface area contributed by atoms with Gasteiger partial charge in [0.05, 0.1) is 11.1 Å². The lowest BCUT2D eigenvalue weighted by molar-refractivity contribution is 0.306. The topological polar surface area (TPSA) is 61.0 Å². The van der Waals surface area contributed by atoms with Gasteiger partial charge in [0.25, 0.3) is 0 Å². The Morgan fingerprint density at radius 3 is 3.08 bits per heavy atom. The van der Waals surface area contributed by atoms with Crippen LogP contribution in [0.15, 0.2) is 16.7 Å². The molecule has 4 nitrogen and oxygen atoms in total. The SMILES string of the molecule is Nc1ncc(Br)c(C2=CCCO2)n1. The number of nitrogens with two attached hydrogens (primary N) is 1. The van der Waals surface area contributed by atoms with Gasteiger partial charge in [0.1, 0.15) is 11.5 Å². The summed E-state index contributed by atoms with van der Waals surface area (Å²) >= 11 is 3.34. The Balaban J connectivity index is 2.43. The van der Waals surface area contributed by atoms with Gasteiger partial charge in [-0.1, -0.05) is 0 Å². The van der Waals surface area contributed by atoms with Crippen LogP contribution in [0.3, 0.4) is 0 Å². The number of anilines is 1. The zero-order valence-corrected chi connectivity index (χ0v) is 8.41. The molecule has 0 fully saturated rings. The van der Waals surface area contributed by atoms with Crippen molar-refractivity contribution in [2.75, 3.05) is 12.3 Å². The second-order valence-corrected chi connectivity index (χ2v) is 3.48. The second-order valence-electron chi connectivity index (χ2n) is 2.63. The van der Waals surface area contributed by atoms with Gasteiger partial charge in [-0.25, -0.2) is 9.97 Å². The lowest BCUT2D eigenvalue weighted by Crippen LogP contribution is -1.99. The van der Waals surface area contributed by atoms with Crippen LogP contribution in [0.25, 0.3) is 5.76 Å². The van der Waals surface area contributed by atoms with E-state index in [1.165, 1.54) is 0 Å². The molecule has 1 aromatic heterocycles. The van der Waals surface area contributed by atoms with Crippen molar-refractivity contribution >= 4 is 27.6 Å². The van der Waals surface area contributed by atoms with Gasteiger partial charge in [-0.3, -0.25) is 0 Å². The van der Waals surface area contributed by atoms with Gasteiger partial charge in [0.15, 0.2) is 0 Å². The molecule has 0 bridgehead atoms. The summed E-state index contributed by atoms with van der Waals surface area (Å²) in [6.45, 7) is 0.714. The first-order valence-electron chi connectivity index (χ1n) is 3.89. The molecule has 0 aliphatic carbocycles. The quantitative estimate of drug-likeness (QED) is 0.812. The highest BCUT2D eigenvalue weighted by molar-refractivity contribution is 9.10. The molecule has 0 unspecified atom stereocenters. The Labute approximate surface area is 84.0 Å². The van der Waals surface area contributed by atoms with Gasteiger partial charge >= 0.3 is 0 Å². The Bertz CT molecular complexity index is 364. The van der Waals surface area contributed by atoms with E-state index in [4.69, 9.17) is 10.5 Å². The van der Waals surface area contributed by atoms with Gasteiger partial charge in [-0.15, -0.1) is 0 Å². The highest BCUT2D eigenvalue weighted by atomic mass is 79.9. The highest BCUT2D eigenvalue weighted by Crippen LogP contribution is 2.26. The molecule has 68 valence electrons. The number of rotatable bonds is 1. The van der Waals surface area contributed by atoms with Gasteiger partial charge in [0.2, 0.25) is 5.95 Å². The van der Waals surface area contributed by atoms with Crippen LogP contribution in [0.2, 0.25) is 0 Å². The second kappa shape index (κ2) is 3.33. The van der Waals surface area contributed by atoms with E-state index in [1.807, 2.05) is 6.08 Å². The van der Waals surface area contributed by atoms with Crippen LogP contribution in [-0.2, 0) is 4.74 Å². The first-order chi connectivity index (χ1) is 6.27. The smallest absolute Gasteiger partial charge is 0.220 e. The monoisotopic (exact) mass is 241 g/mol. The molecule has 2 heterocycles. The van der Waals surface area contributed by atoms with Crippen LogP contribution in [-0.4, -0.2) is 16.6 Å². The molecule has 0 atom stereocenters. The third-order valence-electron chi connectivity index (χ3n) is 1.70. The summed E-state index contributed by atoms with van der Waals surface area (Å²) in [5, 5.41) is 0. The van der Waals surface area contributed by atoms with Crippen LogP contribution < -0.4 is 5.73 Å². The van der Waals surface area contributed by atoms with E-state index in [-0.39, 0.29) is 5.95 Å². The average molecular weight is 242 g/mol. The average Bonchev–Trinajstić information content (AvgIpc) is 2.61. The Morgan fingerprint density at radius 1 is 1.54 bits per heavy atom. The fourth-order valence-electron chi connectivity index (χ4n) is 1.14. The number of hydrogen-bond acceptors (Lipinski definition) is 4. The van der Waals surface area contributed by atoms with Crippen LogP contribution >= 0.6 is 15.9 Å². The van der Waals surface area contributed by atoms with E-state index in [1.54, 1.807) is 6.20 Å². The molecule has 13 heavy (non-hydrogen) atoms. The Hall–Kier alpha value is -1.10. The van der Waals surface area contributed by atoms with Gasteiger partial charge in [0, 0.05) is 12.6 Å². The molecule has 0 spiro atoms. The maximum absolute atomic E-state index is 5.47. The first kappa shape index (κ1) is 8.50. The highest BCUT2D eigenvalue weighted by Gasteiger charge is 2.13. The van der Waals surface area contributed by atoms with Crippen molar-refractivity contribution in [2.45, 2.75) is 6.42 Å². The predicted molar refractivity (Wildman–Crippen MR) is 52.7 cm³/mol. The molecule has 1 aromatic rings. The summed E-state index contributed by atoms with van der Waals surface area (Å²) in [5.41, 5.74) is 6.20. The zero-order chi connectivity index (χ0) is 9.26. The number of aromatic nitrogens is 2. The van der Waals surface area contributed by atoms with Crippen LogP contribution in [0.4, 0.5) is 5.95 Å². The third-order valence-corrected chi connectivity index (χ3v) is 2.28. The number of halogens is 1. The van der Waals surface area contributed by atoms with Gasteiger partial charge < -0.3 is 10.5 Å². The number of hydrogen-bond donors (Lipinski definition) is 1. The van der Waals surface area contributed by atoms with E-state index in [2.05, 4.69) is 25.9 Å². The standard InChI is InChI=1S/C8H8BrN3O/c9-5-4-11-8(10)12-7(5)6-2-1-3-13-6/h2,4H,1,3H2,(H2,10,11,12). The van der Waals surface area contributed by atoms with E-state index in [9.17, 15) is 0 Å². The zero-order valence-electron chi connectivity index (χ0n) is 6.83. The Kier molecular flexibility index (Phi) is 2.18. The first-order valence-corrected chi connectivity index (χ1v) is 4.68. The van der Waals surface area contributed by atoms with Crippen LogP contribution in [0.5, 0.6) is 0 Å². The largest absolute Gasteiger partial charge is 0.491 e. The summed E-state index contributed by atoms with van der Waals surface area (Å²) in [7, 11) is 0. The Morgan fingerprint density at radius 2 is 2.38 bits per heavy atom. The predicted octanol–water partition coefficient (Wildman–Crippen LogP) is 1.58. The third kappa shape index (κ3) is 1.65. The van der Waals surface area contributed by atoms with Crippen molar-refractivity contribution in [3.63, 3.8) is 0 Å². The van der Waals surface area contributed by atoms with Gasteiger partial charge in [-0.05, 0) is 22.0 Å². The minimum absolute atomic E-state index is 0.259. The molecule has 0 radical (unpaired) electrons. The lowest BCUT2D eigenvalue weighted by Gasteiger charge is -2.04. The summed E-state index contributed by atoms with van der Waals surface area (Å²) in [6, 6.07) is 0. The van der Waals surface area contributed by atoms with Crippen molar-refractivity contribution in [3.05, 3.63) is 22.4 Å². The van der Waals surface area contributed by atoms with Crippen molar-refractivity contribution in [1.82, 2.24) is 9.97 Å². The van der Waals surface area contributed by atoms with E-state index in [0.717, 1.165) is 22.3 Å². The van der Waals surface area contributed by atoms with E-state index in [0.29, 0.717) is 6.61 Å². The van der Waals surface area contributed by atoms with Crippen molar-refractivity contribution in [2.24, 2.45) is 0 Å². The summed E-state index contributed by atoms with van der Waals surface area (Å²) in [5.74, 6) is 1.04. The molecule has 0 saturated heterocycles. The van der Waals surface area contributed by atoms with Gasteiger partial charge in [-0.2, -0.15) is 0 Å². The minimum Gasteiger partial charge on any atom is -0.491 e. The maximum Gasteiger partial charge on any atom is 0.220 e. The summed E-state index contributed by atoms with van der Waals surface area (Å²) in [4.78, 5) is 7.93. The number of nitrogen functional groups attached to an aromatic ring is 1. The molecule has 1 aliphatic heterocycles. The maximum atomic E-state index is 5.47. The molecule has 5 heteroatoms. The summed E-state index contributed by atoms with van der Waals surface area (Å²) < 4.78 is 6.16. The van der Waals surface area contributed by atoms with Crippen molar-refractivity contribution < 1.29 is 4.74 Å². The van der Waals surface area contributed by atoms with Crippen LogP contribution in [0.1, 0.15) is 12.1 Å². The normalized spacial score (nSPS) is 15.3. The fraction of sp³-hybridized carbons (Fsp3) is 0.250. The molecule has 0 aromatic carbocycles. The van der Waals surface area contributed by atoms with Crippen molar-refractivity contribution in [1.29, 1.82) is 0 Å². The van der Waals surface area contributed by atoms with Crippen molar-refractivity contribution in [3.8, 4) is 0 Å². The molecular formula is C8H8BrN3O. The van der Waals surface area contributed by atoms with E-state index >= 15 is 0 Å². The molecule has 2 rings (SSSR count). The van der Waals surface area contributed by atoms with Crippen LogP contribution in [0, 0.1) is 0 Å².